The first-order valence-corrected chi connectivity index (χ1v) is 8.90. The summed E-state index contributed by atoms with van der Waals surface area (Å²) in [6.07, 6.45) is 0.441. The molecule has 0 radical (unpaired) electrons. The van der Waals surface area contributed by atoms with E-state index in [9.17, 15) is 4.79 Å². The molecular formula is C8H10Cl3NOSi. The van der Waals surface area contributed by atoms with Crippen molar-refractivity contribution in [3.8, 4) is 0 Å². The van der Waals surface area contributed by atoms with E-state index in [2.05, 4.69) is 0 Å². The van der Waals surface area contributed by atoms with Crippen molar-refractivity contribution in [3.63, 3.8) is 0 Å². The number of nitrogens with zero attached hydrogens (tertiary/aromatic N) is 1. The molecule has 0 N–H and O–H groups in total. The van der Waals surface area contributed by atoms with E-state index in [1.807, 2.05) is 6.55 Å². The van der Waals surface area contributed by atoms with E-state index >= 15 is 0 Å². The van der Waals surface area contributed by atoms with E-state index in [1.165, 1.54) is 10.6 Å². The highest BCUT2D eigenvalue weighted by Crippen LogP contribution is 2.15. The van der Waals surface area contributed by atoms with Crippen LogP contribution in [0.2, 0.25) is 11.7 Å². The lowest BCUT2D eigenvalue weighted by Crippen LogP contribution is -2.37. The molecule has 6 heteroatoms. The predicted octanol–water partition coefficient (Wildman–Crippen LogP) is 2.63. The summed E-state index contributed by atoms with van der Waals surface area (Å²) in [7, 11) is -2.06. The van der Waals surface area contributed by atoms with Gasteiger partial charge in [0.1, 0.15) is 5.15 Å². The first-order valence-electron chi connectivity index (χ1n) is 4.06. The molecule has 0 aromatic carbocycles. The van der Waals surface area contributed by atoms with E-state index in [4.69, 9.17) is 34.3 Å². The zero-order chi connectivity index (χ0) is 10.8. The van der Waals surface area contributed by atoms with Crippen LogP contribution in [0.3, 0.4) is 0 Å². The van der Waals surface area contributed by atoms with Crippen LogP contribution in [0.25, 0.3) is 0 Å². The van der Waals surface area contributed by atoms with E-state index in [0.29, 0.717) is 16.8 Å². The van der Waals surface area contributed by atoms with Gasteiger partial charge in [0.15, 0.2) is 7.38 Å². The minimum atomic E-state index is -2.06. The number of pyridine rings is 1. The van der Waals surface area contributed by atoms with Crippen LogP contribution in [-0.2, 0) is 6.17 Å². The summed E-state index contributed by atoms with van der Waals surface area (Å²) >= 11 is 17.8. The monoisotopic (exact) mass is 269 g/mol. The molecular weight excluding hydrogens is 261 g/mol. The maximum atomic E-state index is 11.4. The molecule has 14 heavy (non-hydrogen) atoms. The fourth-order valence-corrected chi connectivity index (χ4v) is 3.02. The fraction of sp³-hybridized carbons (Fsp3) is 0.375. The summed E-state index contributed by atoms with van der Waals surface area (Å²) in [6.45, 7) is 1.90. The van der Waals surface area contributed by atoms with Crippen LogP contribution >= 0.6 is 34.3 Å². The Labute approximate surface area is 98.1 Å². The Morgan fingerprint density at radius 1 is 1.50 bits per heavy atom. The van der Waals surface area contributed by atoms with E-state index in [1.54, 1.807) is 12.1 Å². The quantitative estimate of drug-likeness (QED) is 0.358. The molecule has 0 saturated carbocycles. The van der Waals surface area contributed by atoms with Gasteiger partial charge < -0.3 is 4.57 Å². The Balaban J connectivity index is 3.03. The maximum absolute atomic E-state index is 11.4. The molecule has 0 fully saturated rings. The summed E-state index contributed by atoms with van der Waals surface area (Å²) in [5, 5.41) is 0.405. The maximum Gasteiger partial charge on any atom is 0.251 e. The van der Waals surface area contributed by atoms with Crippen molar-refractivity contribution in [2.75, 3.05) is 5.50 Å². The highest BCUT2D eigenvalue weighted by molar-refractivity contribution is 7.21. The number of alkyl halides is 1. The molecule has 1 aromatic rings. The van der Waals surface area contributed by atoms with Gasteiger partial charge in [-0.05, 0) is 6.07 Å². The van der Waals surface area contributed by atoms with Crippen LogP contribution in [0.15, 0.2) is 23.0 Å². The third kappa shape index (κ3) is 3.02. The summed E-state index contributed by atoms with van der Waals surface area (Å²) in [6, 6.07) is 4.75. The molecule has 1 heterocycles. The van der Waals surface area contributed by atoms with E-state index < -0.39 is 7.38 Å². The second-order valence-corrected chi connectivity index (χ2v) is 10.7. The molecule has 78 valence electrons. The zero-order valence-electron chi connectivity index (χ0n) is 7.64. The van der Waals surface area contributed by atoms with Crippen LogP contribution in [0.1, 0.15) is 0 Å². The van der Waals surface area contributed by atoms with Gasteiger partial charge in [0, 0.05) is 17.7 Å². The third-order valence-corrected chi connectivity index (χ3v) is 6.57. The smallest absolute Gasteiger partial charge is 0.251 e. The number of aromatic nitrogens is 1. The molecule has 0 amide bonds. The van der Waals surface area contributed by atoms with E-state index in [-0.39, 0.29) is 5.56 Å². The van der Waals surface area contributed by atoms with Gasteiger partial charge in [-0.3, -0.25) is 4.79 Å². The van der Waals surface area contributed by atoms with Gasteiger partial charge in [-0.1, -0.05) is 24.2 Å². The summed E-state index contributed by atoms with van der Waals surface area (Å²) < 4.78 is 1.46. The standard InChI is InChI=1S/C8H10Cl3NOSi/c1-14(11,5-9)6-12-7(10)3-2-4-8(12)13/h2-4H,5-6H2,1H3. The van der Waals surface area contributed by atoms with Crippen LogP contribution in [0.4, 0.5) is 0 Å². The molecule has 1 atom stereocenters. The van der Waals surface area contributed by atoms with Gasteiger partial charge in [-0.25, -0.2) is 0 Å². The van der Waals surface area contributed by atoms with Crippen molar-refractivity contribution in [1.82, 2.24) is 4.57 Å². The summed E-state index contributed by atoms with van der Waals surface area (Å²) in [5.41, 5.74) is 0.258. The number of rotatable bonds is 3. The lowest BCUT2D eigenvalue weighted by atomic mass is 10.5. The normalized spacial score (nSPS) is 15.1. The van der Waals surface area contributed by atoms with Crippen molar-refractivity contribution >= 4 is 41.7 Å². The predicted molar refractivity (Wildman–Crippen MR) is 63.9 cm³/mol. The molecule has 0 aliphatic rings. The molecule has 2 nitrogen and oxygen atoms in total. The van der Waals surface area contributed by atoms with Gasteiger partial charge >= 0.3 is 0 Å². The Hall–Kier alpha value is 0.0369. The van der Waals surface area contributed by atoms with Gasteiger partial charge in [0.2, 0.25) is 0 Å². The highest BCUT2D eigenvalue weighted by Gasteiger charge is 2.25. The van der Waals surface area contributed by atoms with Gasteiger partial charge in [0.25, 0.3) is 5.56 Å². The lowest BCUT2D eigenvalue weighted by molar-refractivity contribution is 0.814. The SMILES string of the molecule is C[Si](Cl)(CCl)Cn1c(Cl)cccc1=O. The Bertz CT molecular complexity index is 377. The Kier molecular flexibility index (Phi) is 4.07. The number of hydrogen-bond acceptors (Lipinski definition) is 1. The Morgan fingerprint density at radius 2 is 2.14 bits per heavy atom. The second kappa shape index (κ2) is 4.70. The van der Waals surface area contributed by atoms with Crippen molar-refractivity contribution in [1.29, 1.82) is 0 Å². The number of halogens is 3. The molecule has 1 aromatic heterocycles. The summed E-state index contributed by atoms with van der Waals surface area (Å²) in [5.74, 6) is 0. The van der Waals surface area contributed by atoms with Crippen LogP contribution in [-0.4, -0.2) is 17.5 Å². The molecule has 0 aliphatic carbocycles. The third-order valence-electron chi connectivity index (χ3n) is 1.76. The topological polar surface area (TPSA) is 22.0 Å². The van der Waals surface area contributed by atoms with E-state index in [0.717, 1.165) is 0 Å². The van der Waals surface area contributed by atoms with Gasteiger partial charge in [0.05, 0.1) is 0 Å². The molecule has 1 rings (SSSR count). The number of hydrogen-bond donors (Lipinski definition) is 0. The zero-order valence-corrected chi connectivity index (χ0v) is 10.9. The average molecular weight is 271 g/mol. The van der Waals surface area contributed by atoms with Crippen LogP contribution < -0.4 is 5.56 Å². The second-order valence-electron chi connectivity index (χ2n) is 3.32. The molecule has 1 unspecified atom stereocenters. The minimum Gasteiger partial charge on any atom is -0.301 e. The van der Waals surface area contributed by atoms with Crippen LogP contribution in [0, 0.1) is 0 Å². The Morgan fingerprint density at radius 3 is 2.64 bits per heavy atom. The first-order chi connectivity index (χ1) is 6.46. The lowest BCUT2D eigenvalue weighted by Gasteiger charge is -2.18. The van der Waals surface area contributed by atoms with Gasteiger partial charge in [-0.15, -0.1) is 11.6 Å². The molecule has 0 saturated heterocycles. The largest absolute Gasteiger partial charge is 0.301 e. The molecule has 0 aliphatic heterocycles. The summed E-state index contributed by atoms with van der Waals surface area (Å²) in [4.78, 5) is 11.4. The van der Waals surface area contributed by atoms with Crippen molar-refractivity contribution in [3.05, 3.63) is 33.7 Å². The van der Waals surface area contributed by atoms with Crippen molar-refractivity contribution < 1.29 is 0 Å². The first kappa shape index (κ1) is 12.1. The van der Waals surface area contributed by atoms with Crippen molar-refractivity contribution in [2.24, 2.45) is 0 Å². The van der Waals surface area contributed by atoms with Crippen molar-refractivity contribution in [2.45, 2.75) is 12.7 Å². The minimum absolute atomic E-state index is 0.137. The fourth-order valence-electron chi connectivity index (χ4n) is 1.02. The van der Waals surface area contributed by atoms with Crippen LogP contribution in [0.5, 0.6) is 0 Å². The average Bonchev–Trinajstić information content (AvgIpc) is 2.12. The molecule has 0 spiro atoms. The highest BCUT2D eigenvalue weighted by atomic mass is 35.6. The molecule has 0 bridgehead atoms. The van der Waals surface area contributed by atoms with Gasteiger partial charge in [-0.2, -0.15) is 11.1 Å².